The number of aromatic nitrogens is 1. The summed E-state index contributed by atoms with van der Waals surface area (Å²) in [6.07, 6.45) is 6.44. The van der Waals surface area contributed by atoms with Gasteiger partial charge in [-0.05, 0) is 25.0 Å². The Balaban J connectivity index is 2.33. The molecule has 20 heavy (non-hydrogen) atoms. The third kappa shape index (κ3) is 2.57. The third-order valence-electron chi connectivity index (χ3n) is 3.24. The lowest BCUT2D eigenvalue weighted by atomic mass is 10.1. The van der Waals surface area contributed by atoms with Crippen molar-refractivity contribution in [3.05, 3.63) is 55.2 Å². The van der Waals surface area contributed by atoms with Crippen LogP contribution in [0, 0.1) is 5.41 Å². The van der Waals surface area contributed by atoms with Gasteiger partial charge in [0, 0.05) is 6.07 Å². The fourth-order valence-corrected chi connectivity index (χ4v) is 1.97. The summed E-state index contributed by atoms with van der Waals surface area (Å²) in [5.74, 6) is 0.452. The molecule has 0 atom stereocenters. The molecule has 4 nitrogen and oxygen atoms in total. The fourth-order valence-electron chi connectivity index (χ4n) is 1.97. The van der Waals surface area contributed by atoms with Crippen LogP contribution in [0.15, 0.2) is 55.2 Å². The van der Waals surface area contributed by atoms with Crippen LogP contribution in [-0.4, -0.2) is 18.0 Å². The van der Waals surface area contributed by atoms with E-state index in [0.29, 0.717) is 11.6 Å². The third-order valence-corrected chi connectivity index (χ3v) is 3.24. The van der Waals surface area contributed by atoms with Gasteiger partial charge in [-0.15, -0.1) is 11.5 Å². The smallest absolute Gasteiger partial charge is 0.242 e. The van der Waals surface area contributed by atoms with Gasteiger partial charge < -0.3 is 4.74 Å². The van der Waals surface area contributed by atoms with Crippen molar-refractivity contribution in [1.82, 2.24) is 4.98 Å². The van der Waals surface area contributed by atoms with Gasteiger partial charge in [-0.2, -0.15) is 0 Å². The molecule has 0 spiro atoms. The number of carbonyl (C=O) groups is 1. The quantitative estimate of drug-likeness (QED) is 0.771. The van der Waals surface area contributed by atoms with Crippen LogP contribution in [0.5, 0.6) is 5.88 Å². The lowest BCUT2D eigenvalue weighted by molar-refractivity contribution is -0.121. The average molecular weight is 268 g/mol. The summed E-state index contributed by atoms with van der Waals surface area (Å²) in [5.41, 5.74) is 5.51. The largest absolute Gasteiger partial charge is 0.481 e. The van der Waals surface area contributed by atoms with Gasteiger partial charge >= 0.3 is 0 Å². The number of anilines is 1. The summed E-state index contributed by atoms with van der Waals surface area (Å²) >= 11 is 0. The Bertz CT molecular complexity index is 602. The van der Waals surface area contributed by atoms with E-state index in [4.69, 9.17) is 4.74 Å². The van der Waals surface area contributed by atoms with Crippen molar-refractivity contribution in [3.63, 3.8) is 0 Å². The van der Waals surface area contributed by atoms with Crippen molar-refractivity contribution >= 4 is 11.6 Å². The van der Waals surface area contributed by atoms with Crippen molar-refractivity contribution in [2.45, 2.75) is 12.8 Å². The standard InChI is InChI=1S/C16H16N2O2/c1-4-8-16(9-10-16)15(19)18(11-5-2)13-6-7-14(20-3)17-12-13/h6-8,11-12H,1-2,9-10H2,3H3. The fraction of sp³-hybridized carbons (Fsp3) is 0.250. The van der Waals surface area contributed by atoms with Crippen molar-refractivity contribution in [2.75, 3.05) is 12.0 Å². The van der Waals surface area contributed by atoms with Crippen LogP contribution in [0.1, 0.15) is 12.8 Å². The zero-order chi connectivity index (χ0) is 14.6. The molecule has 0 N–H and O–H groups in total. The van der Waals surface area contributed by atoms with E-state index in [9.17, 15) is 4.79 Å². The first-order valence-electron chi connectivity index (χ1n) is 6.23. The number of nitrogens with zero attached hydrogens (tertiary/aromatic N) is 2. The van der Waals surface area contributed by atoms with E-state index < -0.39 is 5.41 Å². The van der Waals surface area contributed by atoms with Crippen LogP contribution in [0.4, 0.5) is 5.69 Å². The molecule has 1 aliphatic carbocycles. The zero-order valence-electron chi connectivity index (χ0n) is 11.4. The number of ether oxygens (including phenoxy) is 1. The number of hydrogen-bond donors (Lipinski definition) is 0. The van der Waals surface area contributed by atoms with E-state index in [0.717, 1.165) is 12.8 Å². The predicted molar refractivity (Wildman–Crippen MR) is 77.4 cm³/mol. The van der Waals surface area contributed by atoms with Gasteiger partial charge in [-0.1, -0.05) is 13.2 Å². The molecule has 0 aliphatic heterocycles. The van der Waals surface area contributed by atoms with Gasteiger partial charge in [0.05, 0.1) is 30.6 Å². The normalized spacial score (nSPS) is 14.4. The van der Waals surface area contributed by atoms with Crippen molar-refractivity contribution < 1.29 is 9.53 Å². The molecule has 1 aromatic rings. The molecule has 2 rings (SSSR count). The van der Waals surface area contributed by atoms with Gasteiger partial charge in [0.15, 0.2) is 0 Å². The average Bonchev–Trinajstić information content (AvgIpc) is 3.25. The molecular weight excluding hydrogens is 252 g/mol. The number of amides is 1. The molecule has 1 aromatic heterocycles. The first-order valence-corrected chi connectivity index (χ1v) is 6.23. The summed E-state index contributed by atoms with van der Waals surface area (Å²) in [4.78, 5) is 18.2. The molecule has 1 aliphatic rings. The van der Waals surface area contributed by atoms with E-state index in [1.54, 1.807) is 31.5 Å². The number of hydrogen-bond acceptors (Lipinski definition) is 3. The SMILES string of the molecule is C=C=CN(C(=O)C1(C=C=C)CC1)c1ccc(OC)nc1. The van der Waals surface area contributed by atoms with E-state index >= 15 is 0 Å². The highest BCUT2D eigenvalue weighted by atomic mass is 16.5. The Morgan fingerprint density at radius 1 is 1.45 bits per heavy atom. The van der Waals surface area contributed by atoms with Crippen LogP contribution >= 0.6 is 0 Å². The van der Waals surface area contributed by atoms with Crippen molar-refractivity contribution in [1.29, 1.82) is 0 Å². The second-order valence-corrected chi connectivity index (χ2v) is 4.57. The van der Waals surface area contributed by atoms with Crippen molar-refractivity contribution in [2.24, 2.45) is 5.41 Å². The number of methoxy groups -OCH3 is 1. The molecule has 0 bridgehead atoms. The second kappa shape index (κ2) is 5.62. The van der Waals surface area contributed by atoms with Crippen LogP contribution in [0.25, 0.3) is 0 Å². The Morgan fingerprint density at radius 2 is 2.20 bits per heavy atom. The number of rotatable bonds is 5. The first kappa shape index (κ1) is 13.9. The second-order valence-electron chi connectivity index (χ2n) is 4.57. The van der Waals surface area contributed by atoms with E-state index in [-0.39, 0.29) is 5.91 Å². The molecule has 102 valence electrons. The first-order chi connectivity index (χ1) is 9.66. The number of carbonyl (C=O) groups excluding carboxylic acids is 1. The zero-order valence-corrected chi connectivity index (χ0v) is 11.4. The lowest BCUT2D eigenvalue weighted by Crippen LogP contribution is -2.32. The molecule has 0 aromatic carbocycles. The molecule has 1 saturated carbocycles. The molecule has 4 heteroatoms. The van der Waals surface area contributed by atoms with Crippen molar-refractivity contribution in [3.8, 4) is 5.88 Å². The summed E-state index contributed by atoms with van der Waals surface area (Å²) in [7, 11) is 1.54. The lowest BCUT2D eigenvalue weighted by Gasteiger charge is -2.21. The maximum atomic E-state index is 12.6. The van der Waals surface area contributed by atoms with Gasteiger partial charge in [-0.25, -0.2) is 4.98 Å². The van der Waals surface area contributed by atoms with Crippen LogP contribution in [0.3, 0.4) is 0 Å². The Kier molecular flexibility index (Phi) is 3.90. The maximum absolute atomic E-state index is 12.6. The topological polar surface area (TPSA) is 42.4 Å². The van der Waals surface area contributed by atoms with Gasteiger partial charge in [0.2, 0.25) is 11.8 Å². The van der Waals surface area contributed by atoms with Gasteiger partial charge in [0.1, 0.15) is 0 Å². The van der Waals surface area contributed by atoms with Crippen LogP contribution < -0.4 is 9.64 Å². The summed E-state index contributed by atoms with van der Waals surface area (Å²) < 4.78 is 5.01. The molecule has 1 heterocycles. The Hall–Kier alpha value is -2.54. The molecule has 1 amide bonds. The minimum Gasteiger partial charge on any atom is -0.481 e. The minimum absolute atomic E-state index is 0.0447. The summed E-state index contributed by atoms with van der Waals surface area (Å²) in [6.45, 7) is 7.08. The van der Waals surface area contributed by atoms with Gasteiger partial charge in [-0.3, -0.25) is 9.69 Å². The van der Waals surface area contributed by atoms with Gasteiger partial charge in [0.25, 0.3) is 0 Å². The molecule has 0 radical (unpaired) electrons. The molecular formula is C16H16N2O2. The predicted octanol–water partition coefficient (Wildman–Crippen LogP) is 2.84. The maximum Gasteiger partial charge on any atom is 0.242 e. The molecule has 0 unspecified atom stereocenters. The summed E-state index contributed by atoms with van der Waals surface area (Å²) in [5, 5.41) is 0. The van der Waals surface area contributed by atoms with E-state index in [1.165, 1.54) is 11.1 Å². The summed E-state index contributed by atoms with van der Waals surface area (Å²) in [6, 6.07) is 3.47. The highest BCUT2D eigenvalue weighted by Crippen LogP contribution is 2.49. The van der Waals surface area contributed by atoms with E-state index in [2.05, 4.69) is 29.6 Å². The van der Waals surface area contributed by atoms with Crippen LogP contribution in [-0.2, 0) is 4.79 Å². The highest BCUT2D eigenvalue weighted by Gasteiger charge is 2.49. The molecule has 1 fully saturated rings. The molecule has 0 saturated heterocycles. The van der Waals surface area contributed by atoms with E-state index in [1.807, 2.05) is 0 Å². The monoisotopic (exact) mass is 268 g/mol. The van der Waals surface area contributed by atoms with Crippen LogP contribution in [0.2, 0.25) is 0 Å². The Labute approximate surface area is 118 Å². The minimum atomic E-state index is -0.491. The number of pyridine rings is 1. The Morgan fingerprint density at radius 3 is 2.65 bits per heavy atom. The highest BCUT2D eigenvalue weighted by molar-refractivity contribution is 6.01.